The van der Waals surface area contributed by atoms with Crippen LogP contribution in [0.2, 0.25) is 0 Å². The van der Waals surface area contributed by atoms with E-state index in [1.165, 1.54) is 7.11 Å². The SMILES string of the molecule is COC(=O)C(N)CCSCC(C)CO. The second-order valence-corrected chi connectivity index (χ2v) is 4.43. The Balaban J connectivity index is 3.40. The molecule has 2 atom stereocenters. The fraction of sp³-hybridized carbons (Fsp3) is 0.889. The molecule has 0 radical (unpaired) electrons. The van der Waals surface area contributed by atoms with E-state index in [-0.39, 0.29) is 12.6 Å². The molecule has 0 aliphatic rings. The van der Waals surface area contributed by atoms with E-state index >= 15 is 0 Å². The highest BCUT2D eigenvalue weighted by Gasteiger charge is 2.12. The molecule has 14 heavy (non-hydrogen) atoms. The minimum atomic E-state index is -0.517. The molecule has 0 aliphatic heterocycles. The van der Waals surface area contributed by atoms with Gasteiger partial charge in [0.05, 0.1) is 7.11 Å². The van der Waals surface area contributed by atoms with Crippen molar-refractivity contribution in [2.24, 2.45) is 11.7 Å². The standard InChI is InChI=1S/C9H19NO3S/c1-7(5-11)6-14-4-3-8(10)9(12)13-2/h7-8,11H,3-6,10H2,1-2H3. The number of hydrogen-bond donors (Lipinski definition) is 2. The first kappa shape index (κ1) is 13.7. The number of aliphatic hydroxyl groups excluding tert-OH is 1. The lowest BCUT2D eigenvalue weighted by Crippen LogP contribution is -2.32. The van der Waals surface area contributed by atoms with Gasteiger partial charge in [-0.1, -0.05) is 6.92 Å². The summed E-state index contributed by atoms with van der Waals surface area (Å²) in [5, 5.41) is 8.76. The average molecular weight is 221 g/mol. The van der Waals surface area contributed by atoms with E-state index in [4.69, 9.17) is 10.8 Å². The molecule has 0 saturated carbocycles. The van der Waals surface area contributed by atoms with Gasteiger partial charge in [-0.05, 0) is 23.8 Å². The third kappa shape index (κ3) is 6.23. The molecule has 0 bridgehead atoms. The Morgan fingerprint density at radius 2 is 2.29 bits per heavy atom. The van der Waals surface area contributed by atoms with Gasteiger partial charge in [0.15, 0.2) is 0 Å². The highest BCUT2D eigenvalue weighted by molar-refractivity contribution is 7.99. The molecule has 0 rings (SSSR count). The number of thioether (sulfide) groups is 1. The van der Waals surface area contributed by atoms with Crippen molar-refractivity contribution in [1.29, 1.82) is 0 Å². The molecule has 0 aromatic rings. The predicted octanol–water partition coefficient (Wildman–Crippen LogP) is 0.238. The summed E-state index contributed by atoms with van der Waals surface area (Å²) in [6.45, 7) is 2.18. The fourth-order valence-corrected chi connectivity index (χ4v) is 1.91. The minimum Gasteiger partial charge on any atom is -0.468 e. The van der Waals surface area contributed by atoms with Crippen molar-refractivity contribution in [3.63, 3.8) is 0 Å². The van der Waals surface area contributed by atoms with Gasteiger partial charge < -0.3 is 15.6 Å². The molecule has 0 heterocycles. The molecule has 0 aromatic heterocycles. The van der Waals surface area contributed by atoms with Crippen LogP contribution in [0.1, 0.15) is 13.3 Å². The maximum atomic E-state index is 10.9. The molecule has 3 N–H and O–H groups in total. The largest absolute Gasteiger partial charge is 0.468 e. The maximum Gasteiger partial charge on any atom is 0.322 e. The third-order valence-electron chi connectivity index (χ3n) is 1.79. The first-order chi connectivity index (χ1) is 6.61. The predicted molar refractivity (Wildman–Crippen MR) is 58.2 cm³/mol. The number of ether oxygens (including phenoxy) is 1. The van der Waals surface area contributed by atoms with Crippen LogP contribution in [0.25, 0.3) is 0 Å². The van der Waals surface area contributed by atoms with Crippen molar-refractivity contribution in [3.05, 3.63) is 0 Å². The molecule has 0 amide bonds. The van der Waals surface area contributed by atoms with Crippen LogP contribution < -0.4 is 5.73 Å². The molecule has 84 valence electrons. The van der Waals surface area contributed by atoms with Crippen molar-refractivity contribution in [3.8, 4) is 0 Å². The summed E-state index contributed by atoms with van der Waals surface area (Å²) in [7, 11) is 1.34. The third-order valence-corrected chi connectivity index (χ3v) is 3.12. The monoisotopic (exact) mass is 221 g/mol. The summed E-state index contributed by atoms with van der Waals surface area (Å²) in [6, 6.07) is -0.517. The van der Waals surface area contributed by atoms with E-state index in [0.717, 1.165) is 11.5 Å². The Kier molecular flexibility index (Phi) is 7.93. The fourth-order valence-electron chi connectivity index (χ4n) is 0.817. The van der Waals surface area contributed by atoms with E-state index < -0.39 is 6.04 Å². The van der Waals surface area contributed by atoms with Crippen molar-refractivity contribution in [2.75, 3.05) is 25.2 Å². The molecule has 0 fully saturated rings. The molecule has 5 heteroatoms. The average Bonchev–Trinajstić information content (AvgIpc) is 2.22. The number of nitrogens with two attached hydrogens (primary N) is 1. The summed E-state index contributed by atoms with van der Waals surface area (Å²) < 4.78 is 4.50. The Labute approximate surface area is 89.2 Å². The van der Waals surface area contributed by atoms with E-state index in [1.807, 2.05) is 6.92 Å². The Hall–Kier alpha value is -0.260. The van der Waals surface area contributed by atoms with Crippen molar-refractivity contribution in [1.82, 2.24) is 0 Å². The number of esters is 1. The molecule has 0 aromatic carbocycles. The van der Waals surface area contributed by atoms with Crippen molar-refractivity contribution >= 4 is 17.7 Å². The molecule has 0 aliphatic carbocycles. The Bertz CT molecular complexity index is 166. The number of carbonyl (C=O) groups excluding carboxylic acids is 1. The van der Waals surface area contributed by atoms with E-state index in [9.17, 15) is 4.79 Å². The van der Waals surface area contributed by atoms with Gasteiger partial charge in [-0.25, -0.2) is 0 Å². The van der Waals surface area contributed by atoms with Gasteiger partial charge in [0, 0.05) is 6.61 Å². The van der Waals surface area contributed by atoms with Gasteiger partial charge >= 0.3 is 5.97 Å². The zero-order valence-corrected chi connectivity index (χ0v) is 9.55. The van der Waals surface area contributed by atoms with E-state index in [1.54, 1.807) is 11.8 Å². The van der Waals surface area contributed by atoms with Gasteiger partial charge in [0.1, 0.15) is 6.04 Å². The number of rotatable bonds is 7. The van der Waals surface area contributed by atoms with Crippen LogP contribution in [0.4, 0.5) is 0 Å². The lowest BCUT2D eigenvalue weighted by atomic mass is 10.2. The minimum absolute atomic E-state index is 0.204. The summed E-state index contributed by atoms with van der Waals surface area (Å²) in [6.07, 6.45) is 0.621. The van der Waals surface area contributed by atoms with Crippen LogP contribution >= 0.6 is 11.8 Å². The number of methoxy groups -OCH3 is 1. The zero-order valence-electron chi connectivity index (χ0n) is 8.73. The van der Waals surface area contributed by atoms with E-state index in [0.29, 0.717) is 12.3 Å². The topological polar surface area (TPSA) is 72.5 Å². The molecular weight excluding hydrogens is 202 g/mol. The zero-order chi connectivity index (χ0) is 11.0. The van der Waals surface area contributed by atoms with Crippen LogP contribution in [0.15, 0.2) is 0 Å². The summed E-state index contributed by atoms with van der Waals surface area (Å²) in [4.78, 5) is 10.9. The lowest BCUT2D eigenvalue weighted by molar-refractivity contribution is -0.142. The lowest BCUT2D eigenvalue weighted by Gasteiger charge is -2.10. The Morgan fingerprint density at radius 1 is 1.64 bits per heavy atom. The second-order valence-electron chi connectivity index (χ2n) is 3.28. The Morgan fingerprint density at radius 3 is 2.79 bits per heavy atom. The van der Waals surface area contributed by atoms with Crippen molar-refractivity contribution in [2.45, 2.75) is 19.4 Å². The van der Waals surface area contributed by atoms with E-state index in [2.05, 4.69) is 4.74 Å². The van der Waals surface area contributed by atoms with Crippen LogP contribution in [0.5, 0.6) is 0 Å². The number of aliphatic hydroxyl groups is 1. The molecular formula is C9H19NO3S. The van der Waals surface area contributed by atoms with Gasteiger partial charge in [0.2, 0.25) is 0 Å². The van der Waals surface area contributed by atoms with Crippen LogP contribution in [-0.4, -0.2) is 42.3 Å². The van der Waals surface area contributed by atoms with Gasteiger partial charge in [-0.3, -0.25) is 4.79 Å². The summed E-state index contributed by atoms with van der Waals surface area (Å²) >= 11 is 1.69. The van der Waals surface area contributed by atoms with Crippen LogP contribution in [0, 0.1) is 5.92 Å². The highest BCUT2D eigenvalue weighted by Crippen LogP contribution is 2.09. The molecule has 2 unspecified atom stereocenters. The van der Waals surface area contributed by atoms with Crippen LogP contribution in [0.3, 0.4) is 0 Å². The quantitative estimate of drug-likeness (QED) is 0.476. The molecule has 0 saturated heterocycles. The van der Waals surface area contributed by atoms with Crippen LogP contribution in [-0.2, 0) is 9.53 Å². The highest BCUT2D eigenvalue weighted by atomic mass is 32.2. The number of hydrogen-bond acceptors (Lipinski definition) is 5. The first-order valence-electron chi connectivity index (χ1n) is 4.63. The normalized spacial score (nSPS) is 14.9. The van der Waals surface area contributed by atoms with Gasteiger partial charge in [0.25, 0.3) is 0 Å². The van der Waals surface area contributed by atoms with Crippen molar-refractivity contribution < 1.29 is 14.6 Å². The van der Waals surface area contributed by atoms with Gasteiger partial charge in [-0.15, -0.1) is 0 Å². The number of carbonyl (C=O) groups is 1. The maximum absolute atomic E-state index is 10.9. The smallest absolute Gasteiger partial charge is 0.322 e. The summed E-state index contributed by atoms with van der Waals surface area (Å²) in [5.41, 5.74) is 5.54. The summed E-state index contributed by atoms with van der Waals surface area (Å²) in [5.74, 6) is 1.65. The second kappa shape index (κ2) is 8.08. The van der Waals surface area contributed by atoms with Gasteiger partial charge in [-0.2, -0.15) is 11.8 Å². The molecule has 4 nitrogen and oxygen atoms in total. The molecule has 0 spiro atoms. The first-order valence-corrected chi connectivity index (χ1v) is 5.79.